The van der Waals surface area contributed by atoms with Gasteiger partial charge in [0.05, 0.1) is 7.11 Å². The lowest BCUT2D eigenvalue weighted by molar-refractivity contribution is -0.123. The number of carbonyl (C=O) groups is 2. The van der Waals surface area contributed by atoms with Crippen molar-refractivity contribution in [2.24, 2.45) is 0 Å². The summed E-state index contributed by atoms with van der Waals surface area (Å²) in [7, 11) is 1.47. The molecule has 0 saturated heterocycles. The summed E-state index contributed by atoms with van der Waals surface area (Å²) in [5, 5.41) is 2.64. The van der Waals surface area contributed by atoms with E-state index in [9.17, 15) is 14.0 Å². The fraction of sp³-hybridized carbons (Fsp3) is 0.222. The lowest BCUT2D eigenvalue weighted by atomic mass is 10.1. The van der Waals surface area contributed by atoms with Crippen LogP contribution in [0, 0.1) is 12.7 Å². The zero-order valence-corrected chi connectivity index (χ0v) is 13.5. The normalized spacial score (nSPS) is 10.1. The molecule has 5 nitrogen and oxygen atoms in total. The van der Waals surface area contributed by atoms with E-state index in [1.54, 1.807) is 31.2 Å². The van der Waals surface area contributed by atoms with Crippen LogP contribution in [0.15, 0.2) is 36.4 Å². The van der Waals surface area contributed by atoms with Gasteiger partial charge < -0.3 is 14.8 Å². The molecule has 1 amide bonds. The Bertz CT molecular complexity index is 746. The fourth-order valence-corrected chi connectivity index (χ4v) is 2.02. The number of methoxy groups -OCH3 is 1. The summed E-state index contributed by atoms with van der Waals surface area (Å²) in [5.74, 6) is 0.0515. The minimum Gasteiger partial charge on any atom is -0.493 e. The molecule has 1 N–H and O–H groups in total. The Morgan fingerprint density at radius 3 is 2.67 bits per heavy atom. The monoisotopic (exact) mass is 331 g/mol. The van der Waals surface area contributed by atoms with E-state index in [-0.39, 0.29) is 24.9 Å². The van der Waals surface area contributed by atoms with E-state index >= 15 is 0 Å². The first-order chi connectivity index (χ1) is 11.5. The Balaban J connectivity index is 1.91. The molecule has 6 heteroatoms. The molecule has 0 bridgehead atoms. The Morgan fingerprint density at radius 1 is 1.21 bits per heavy atom. The molecule has 0 saturated carbocycles. The van der Waals surface area contributed by atoms with Gasteiger partial charge in [-0.3, -0.25) is 9.59 Å². The van der Waals surface area contributed by atoms with Gasteiger partial charge in [-0.15, -0.1) is 0 Å². The van der Waals surface area contributed by atoms with Crippen molar-refractivity contribution in [1.82, 2.24) is 5.32 Å². The molecule has 0 heterocycles. The van der Waals surface area contributed by atoms with Crippen molar-refractivity contribution in [3.63, 3.8) is 0 Å². The summed E-state index contributed by atoms with van der Waals surface area (Å²) in [6.45, 7) is 1.63. The molecule has 24 heavy (non-hydrogen) atoms. The molecule has 0 spiro atoms. The van der Waals surface area contributed by atoms with E-state index in [1.165, 1.54) is 19.2 Å². The first kappa shape index (κ1) is 17.5. The van der Waals surface area contributed by atoms with Crippen LogP contribution in [0.25, 0.3) is 0 Å². The van der Waals surface area contributed by atoms with Crippen LogP contribution < -0.4 is 14.8 Å². The molecule has 0 aliphatic carbocycles. The smallest absolute Gasteiger partial charge is 0.258 e. The first-order valence-electron chi connectivity index (χ1n) is 7.31. The quantitative estimate of drug-likeness (QED) is 0.792. The first-order valence-corrected chi connectivity index (χ1v) is 7.31. The molecule has 0 atom stereocenters. The Labute approximate surface area is 139 Å². The Morgan fingerprint density at radius 2 is 2.00 bits per heavy atom. The summed E-state index contributed by atoms with van der Waals surface area (Å²) in [5.41, 5.74) is 1.63. The summed E-state index contributed by atoms with van der Waals surface area (Å²) in [4.78, 5) is 22.7. The number of carbonyl (C=O) groups excluding carboxylic acids is 2. The zero-order valence-electron chi connectivity index (χ0n) is 13.5. The third-order valence-electron chi connectivity index (χ3n) is 3.41. The van der Waals surface area contributed by atoms with Crippen molar-refractivity contribution in [2.45, 2.75) is 13.5 Å². The van der Waals surface area contributed by atoms with Crippen molar-refractivity contribution in [3.05, 3.63) is 58.9 Å². The van der Waals surface area contributed by atoms with Gasteiger partial charge in [-0.25, -0.2) is 4.39 Å². The molecule has 0 unspecified atom stereocenters. The van der Waals surface area contributed by atoms with Gasteiger partial charge in [-0.2, -0.15) is 0 Å². The van der Waals surface area contributed by atoms with Gasteiger partial charge in [0.1, 0.15) is 12.1 Å². The van der Waals surface area contributed by atoms with Crippen LogP contribution in [0.3, 0.4) is 0 Å². The second-order valence-corrected chi connectivity index (χ2v) is 5.18. The number of rotatable bonds is 7. The average Bonchev–Trinajstić information content (AvgIpc) is 2.60. The van der Waals surface area contributed by atoms with E-state index in [1.807, 2.05) is 0 Å². The van der Waals surface area contributed by atoms with Gasteiger partial charge in [0, 0.05) is 12.1 Å². The maximum absolute atomic E-state index is 13.4. The van der Waals surface area contributed by atoms with Crippen LogP contribution in [0.1, 0.15) is 21.5 Å². The van der Waals surface area contributed by atoms with Gasteiger partial charge in [0.2, 0.25) is 0 Å². The van der Waals surface area contributed by atoms with Crippen molar-refractivity contribution in [2.75, 3.05) is 13.7 Å². The van der Waals surface area contributed by atoms with Crippen molar-refractivity contribution < 1.29 is 23.5 Å². The minimum atomic E-state index is -0.366. The van der Waals surface area contributed by atoms with Crippen molar-refractivity contribution >= 4 is 12.2 Å². The number of nitrogens with one attached hydrogen (secondary N) is 1. The summed E-state index contributed by atoms with van der Waals surface area (Å²) >= 11 is 0. The molecule has 126 valence electrons. The van der Waals surface area contributed by atoms with E-state index in [0.717, 1.165) is 0 Å². The number of benzene rings is 2. The van der Waals surface area contributed by atoms with Gasteiger partial charge in [-0.05, 0) is 42.3 Å². The fourth-order valence-electron chi connectivity index (χ4n) is 2.02. The topological polar surface area (TPSA) is 64.6 Å². The van der Waals surface area contributed by atoms with Gasteiger partial charge in [0.15, 0.2) is 18.1 Å². The molecule has 2 aromatic carbocycles. The van der Waals surface area contributed by atoms with Crippen LogP contribution in [0.2, 0.25) is 0 Å². The zero-order chi connectivity index (χ0) is 17.5. The van der Waals surface area contributed by atoms with Crippen LogP contribution >= 0.6 is 0 Å². The number of halogens is 1. The van der Waals surface area contributed by atoms with Crippen LogP contribution in [-0.4, -0.2) is 25.9 Å². The van der Waals surface area contributed by atoms with Gasteiger partial charge in [-0.1, -0.05) is 12.1 Å². The minimum absolute atomic E-state index is 0.199. The van der Waals surface area contributed by atoms with Gasteiger partial charge in [0.25, 0.3) is 5.91 Å². The van der Waals surface area contributed by atoms with Crippen molar-refractivity contribution in [3.8, 4) is 11.5 Å². The Hall–Kier alpha value is -2.89. The molecular formula is C18H18FNO4. The highest BCUT2D eigenvalue weighted by molar-refractivity contribution is 5.78. The molecule has 0 fully saturated rings. The molecule has 0 aliphatic heterocycles. The van der Waals surface area contributed by atoms with Crippen LogP contribution in [-0.2, 0) is 11.3 Å². The van der Waals surface area contributed by atoms with E-state index in [2.05, 4.69) is 5.32 Å². The maximum atomic E-state index is 13.4. The number of aryl methyl sites for hydroxylation is 1. The summed E-state index contributed by atoms with van der Waals surface area (Å²) in [6.07, 6.45) is 0.679. The third kappa shape index (κ3) is 4.55. The van der Waals surface area contributed by atoms with Crippen LogP contribution in [0.4, 0.5) is 4.39 Å². The highest BCUT2D eigenvalue weighted by Crippen LogP contribution is 2.27. The lowest BCUT2D eigenvalue weighted by Gasteiger charge is -2.11. The van der Waals surface area contributed by atoms with Crippen molar-refractivity contribution in [1.29, 1.82) is 0 Å². The number of aldehydes is 1. The predicted molar refractivity (Wildman–Crippen MR) is 86.9 cm³/mol. The number of ether oxygens (including phenoxy) is 2. The second kappa shape index (κ2) is 8.10. The van der Waals surface area contributed by atoms with Crippen LogP contribution in [0.5, 0.6) is 11.5 Å². The number of hydrogen-bond donors (Lipinski definition) is 1. The highest BCUT2D eigenvalue weighted by atomic mass is 19.1. The molecule has 0 aliphatic rings. The average molecular weight is 331 g/mol. The molecule has 0 radical (unpaired) electrons. The summed E-state index contributed by atoms with van der Waals surface area (Å²) < 4.78 is 24.0. The highest BCUT2D eigenvalue weighted by Gasteiger charge is 2.09. The Kier molecular flexibility index (Phi) is 5.89. The molecule has 2 aromatic rings. The molecular weight excluding hydrogens is 313 g/mol. The largest absolute Gasteiger partial charge is 0.493 e. The predicted octanol–water partition coefficient (Wildman–Crippen LogP) is 2.65. The standard InChI is InChI=1S/C18H18FNO4/c1-12-3-4-13(7-15(12)19)9-20-18(22)11-24-17-8-14(10-21)5-6-16(17)23-2/h3-8,10H,9,11H2,1-2H3,(H,20,22). The lowest BCUT2D eigenvalue weighted by Crippen LogP contribution is -2.28. The van der Waals surface area contributed by atoms with Gasteiger partial charge >= 0.3 is 0 Å². The third-order valence-corrected chi connectivity index (χ3v) is 3.41. The maximum Gasteiger partial charge on any atom is 0.258 e. The number of hydrogen-bond acceptors (Lipinski definition) is 4. The van der Waals surface area contributed by atoms with E-state index in [4.69, 9.17) is 9.47 Å². The second-order valence-electron chi connectivity index (χ2n) is 5.18. The SMILES string of the molecule is COc1ccc(C=O)cc1OCC(=O)NCc1ccc(C)c(F)c1. The van der Waals surface area contributed by atoms with E-state index < -0.39 is 0 Å². The molecule has 2 rings (SSSR count). The molecule has 0 aromatic heterocycles. The number of amides is 1. The van der Waals surface area contributed by atoms with E-state index in [0.29, 0.717) is 34.5 Å². The summed E-state index contributed by atoms with van der Waals surface area (Å²) in [6, 6.07) is 9.46.